The van der Waals surface area contributed by atoms with E-state index in [1.807, 2.05) is 0 Å². The highest BCUT2D eigenvalue weighted by molar-refractivity contribution is 5.96. The van der Waals surface area contributed by atoms with Crippen LogP contribution >= 0.6 is 0 Å². The quantitative estimate of drug-likeness (QED) is 0.283. The number of nitrogens with one attached hydrogen (secondary N) is 3. The minimum absolute atomic E-state index is 0.0524. The van der Waals surface area contributed by atoms with Gasteiger partial charge in [-0.1, -0.05) is 18.2 Å². The summed E-state index contributed by atoms with van der Waals surface area (Å²) in [5.41, 5.74) is 2.90. The highest BCUT2D eigenvalue weighted by Gasteiger charge is 2.20. The molecule has 38 heavy (non-hydrogen) atoms. The Morgan fingerprint density at radius 3 is 2.53 bits per heavy atom. The third-order valence-corrected chi connectivity index (χ3v) is 5.77. The lowest BCUT2D eigenvalue weighted by Crippen LogP contribution is -2.31. The number of aromatic nitrogens is 4. The number of aromatic carboxylic acids is 1. The van der Waals surface area contributed by atoms with E-state index in [1.54, 1.807) is 37.3 Å². The van der Waals surface area contributed by atoms with Gasteiger partial charge in [-0.15, -0.1) is 0 Å². The predicted octanol–water partition coefficient (Wildman–Crippen LogP) is 1.32. The summed E-state index contributed by atoms with van der Waals surface area (Å²) < 4.78 is 6.56. The third kappa shape index (κ3) is 4.97. The molecular weight excluding hydrogens is 494 g/mol. The molecule has 2 aromatic carbocycles. The summed E-state index contributed by atoms with van der Waals surface area (Å²) in [5, 5.41) is 21.4. The minimum Gasteiger partial charge on any atom is -0.482 e. The van der Waals surface area contributed by atoms with Gasteiger partial charge in [0, 0.05) is 19.2 Å². The highest BCUT2D eigenvalue weighted by atomic mass is 16.5. The van der Waals surface area contributed by atoms with E-state index in [-0.39, 0.29) is 48.5 Å². The maximum absolute atomic E-state index is 13.0. The lowest BCUT2D eigenvalue weighted by molar-refractivity contribution is -0.118. The molecule has 0 bridgehead atoms. The fraction of sp³-hybridized carbons (Fsp3) is 0.160. The van der Waals surface area contributed by atoms with E-state index in [0.29, 0.717) is 28.1 Å². The van der Waals surface area contributed by atoms with Crippen molar-refractivity contribution in [3.05, 3.63) is 82.6 Å². The van der Waals surface area contributed by atoms with E-state index in [2.05, 4.69) is 31.0 Å². The third-order valence-electron chi connectivity index (χ3n) is 5.77. The Labute approximate surface area is 214 Å². The zero-order chi connectivity index (χ0) is 26.8. The zero-order valence-electron chi connectivity index (χ0n) is 20.0. The molecule has 192 valence electrons. The summed E-state index contributed by atoms with van der Waals surface area (Å²) in [7, 11) is 0. The summed E-state index contributed by atoms with van der Waals surface area (Å²) >= 11 is 0. The van der Waals surface area contributed by atoms with Crippen LogP contribution in [0.5, 0.6) is 5.75 Å². The molecule has 0 fully saturated rings. The number of nitrogens with zero attached hydrogens (tertiary/aromatic N) is 4. The van der Waals surface area contributed by atoms with Crippen LogP contribution in [0, 0.1) is 6.92 Å². The normalized spacial score (nSPS) is 12.3. The first-order valence-corrected chi connectivity index (χ1v) is 11.4. The van der Waals surface area contributed by atoms with Gasteiger partial charge in [0.2, 0.25) is 11.6 Å². The molecule has 0 radical (unpaired) electrons. The number of anilines is 1. The Morgan fingerprint density at radius 2 is 1.76 bits per heavy atom. The number of hydrogen-bond acceptors (Lipinski definition) is 8. The van der Waals surface area contributed by atoms with Crippen molar-refractivity contribution in [2.75, 3.05) is 11.9 Å². The number of benzene rings is 2. The molecule has 1 aliphatic rings. The van der Waals surface area contributed by atoms with E-state index >= 15 is 0 Å². The van der Waals surface area contributed by atoms with Crippen molar-refractivity contribution >= 4 is 35.0 Å². The van der Waals surface area contributed by atoms with Gasteiger partial charge in [0.05, 0.1) is 17.4 Å². The molecule has 4 aromatic rings. The van der Waals surface area contributed by atoms with E-state index in [0.717, 1.165) is 0 Å². The molecule has 1 aliphatic heterocycles. The van der Waals surface area contributed by atoms with Gasteiger partial charge < -0.3 is 25.8 Å². The molecule has 3 heterocycles. The number of aryl methyl sites for hydroxylation is 1. The fourth-order valence-corrected chi connectivity index (χ4v) is 3.91. The van der Waals surface area contributed by atoms with Crippen molar-refractivity contribution in [1.29, 1.82) is 0 Å². The largest absolute Gasteiger partial charge is 0.482 e. The number of amides is 3. The van der Waals surface area contributed by atoms with E-state index in [9.17, 15) is 24.3 Å². The Morgan fingerprint density at radius 1 is 1.03 bits per heavy atom. The van der Waals surface area contributed by atoms with Gasteiger partial charge in [-0.3, -0.25) is 14.4 Å². The van der Waals surface area contributed by atoms with Gasteiger partial charge in [-0.2, -0.15) is 14.6 Å². The molecule has 13 heteroatoms. The average molecular weight is 515 g/mol. The molecule has 0 spiro atoms. The molecule has 0 unspecified atom stereocenters. The molecule has 5 rings (SSSR count). The Balaban J connectivity index is 1.30. The highest BCUT2D eigenvalue weighted by Crippen LogP contribution is 2.28. The molecule has 13 nitrogen and oxygen atoms in total. The van der Waals surface area contributed by atoms with Crippen LogP contribution in [0.2, 0.25) is 0 Å². The molecule has 2 aromatic heterocycles. The summed E-state index contributed by atoms with van der Waals surface area (Å²) in [5.74, 6) is -2.33. The SMILES string of the molecule is Cc1cc(CNC(=O)c2nc(C(=O)NCc3ccc4c(c3)NC(=O)CO4)n3nccc3n2)ccc1C(=O)O. The second kappa shape index (κ2) is 9.97. The Hall–Kier alpha value is -5.33. The van der Waals surface area contributed by atoms with Crippen molar-refractivity contribution in [2.24, 2.45) is 0 Å². The van der Waals surface area contributed by atoms with E-state index in [1.165, 1.54) is 22.8 Å². The van der Waals surface area contributed by atoms with E-state index in [4.69, 9.17) is 4.74 Å². The molecule has 0 aliphatic carbocycles. The van der Waals surface area contributed by atoms with Crippen molar-refractivity contribution < 1.29 is 29.0 Å². The van der Waals surface area contributed by atoms with Crippen LogP contribution in [0.1, 0.15) is 48.3 Å². The number of carbonyl (C=O) groups excluding carboxylic acids is 3. The van der Waals surface area contributed by atoms with Crippen LogP contribution in [0.4, 0.5) is 5.69 Å². The van der Waals surface area contributed by atoms with Crippen LogP contribution in [0.25, 0.3) is 5.65 Å². The summed E-state index contributed by atoms with van der Waals surface area (Å²) in [6.07, 6.45) is 1.43. The molecule has 0 saturated carbocycles. The minimum atomic E-state index is -1.03. The van der Waals surface area contributed by atoms with Gasteiger partial charge >= 0.3 is 5.97 Å². The number of carboxylic acid groups (broad SMARTS) is 1. The monoisotopic (exact) mass is 515 g/mol. The molecular formula is C25H21N7O6. The first-order valence-electron chi connectivity index (χ1n) is 11.4. The van der Waals surface area contributed by atoms with Gasteiger partial charge in [-0.05, 0) is 41.8 Å². The van der Waals surface area contributed by atoms with Gasteiger partial charge in [0.25, 0.3) is 17.7 Å². The zero-order valence-corrected chi connectivity index (χ0v) is 20.0. The smallest absolute Gasteiger partial charge is 0.335 e. The lowest BCUT2D eigenvalue weighted by atomic mass is 10.1. The van der Waals surface area contributed by atoms with Gasteiger partial charge in [-0.25, -0.2) is 9.78 Å². The molecule has 4 N–H and O–H groups in total. The number of fused-ring (bicyclic) bond motifs is 2. The van der Waals surface area contributed by atoms with E-state index < -0.39 is 17.8 Å². The Bertz CT molecular complexity index is 1610. The van der Waals surface area contributed by atoms with Crippen molar-refractivity contribution in [3.63, 3.8) is 0 Å². The van der Waals surface area contributed by atoms with Crippen LogP contribution in [0.3, 0.4) is 0 Å². The molecule has 3 amide bonds. The Kier molecular flexibility index (Phi) is 6.39. The first-order chi connectivity index (χ1) is 18.3. The number of hydrogen-bond donors (Lipinski definition) is 4. The van der Waals surface area contributed by atoms with Crippen molar-refractivity contribution in [3.8, 4) is 5.75 Å². The van der Waals surface area contributed by atoms with Crippen LogP contribution in [-0.2, 0) is 17.9 Å². The number of carbonyl (C=O) groups is 4. The number of rotatable bonds is 7. The maximum atomic E-state index is 13.0. The molecule has 0 saturated heterocycles. The summed E-state index contributed by atoms with van der Waals surface area (Å²) in [6, 6.07) is 11.4. The van der Waals surface area contributed by atoms with Crippen LogP contribution in [0.15, 0.2) is 48.7 Å². The summed E-state index contributed by atoms with van der Waals surface area (Å²) in [6.45, 7) is 1.84. The lowest BCUT2D eigenvalue weighted by Gasteiger charge is -2.18. The topological polar surface area (TPSA) is 177 Å². The standard InChI is InChI=1S/C25H21N7O6/c1-13-8-14(2-4-16(13)25(36)37)10-26-23(34)21-30-19-6-7-28-32(19)22(31-21)24(35)27-11-15-3-5-18-17(9-15)29-20(33)12-38-18/h2-9H,10-12H2,1H3,(H,26,34)(H,27,35)(H,29,33)(H,36,37). The van der Waals surface area contributed by atoms with Crippen molar-refractivity contribution in [2.45, 2.75) is 20.0 Å². The predicted molar refractivity (Wildman–Crippen MR) is 132 cm³/mol. The van der Waals surface area contributed by atoms with Crippen molar-refractivity contribution in [1.82, 2.24) is 30.2 Å². The maximum Gasteiger partial charge on any atom is 0.335 e. The van der Waals surface area contributed by atoms with Crippen LogP contribution < -0.4 is 20.7 Å². The average Bonchev–Trinajstić information content (AvgIpc) is 3.38. The second-order valence-electron chi connectivity index (χ2n) is 8.46. The molecule has 0 atom stereocenters. The van der Waals surface area contributed by atoms with Crippen LogP contribution in [-0.4, -0.2) is 55.0 Å². The van der Waals surface area contributed by atoms with Gasteiger partial charge in [0.1, 0.15) is 5.75 Å². The second-order valence-corrected chi connectivity index (χ2v) is 8.46. The van der Waals surface area contributed by atoms with Gasteiger partial charge in [0.15, 0.2) is 12.3 Å². The summed E-state index contributed by atoms with van der Waals surface area (Å²) in [4.78, 5) is 56.9. The number of ether oxygens (including phenoxy) is 1. The number of carboxylic acids is 1. The fourth-order valence-electron chi connectivity index (χ4n) is 3.91. The first kappa shape index (κ1) is 24.4.